The molecule has 0 unspecified atom stereocenters. The van der Waals surface area contributed by atoms with E-state index in [0.29, 0.717) is 0 Å². The van der Waals surface area contributed by atoms with Crippen molar-refractivity contribution in [2.45, 2.75) is 66.2 Å². The molecule has 0 aliphatic rings. The number of allylic oxidation sites excluding steroid dienone is 2. The predicted molar refractivity (Wildman–Crippen MR) is 137 cm³/mol. The van der Waals surface area contributed by atoms with E-state index < -0.39 is 0 Å². The molecule has 0 amide bonds. The van der Waals surface area contributed by atoms with Crippen molar-refractivity contribution in [3.63, 3.8) is 0 Å². The quantitative estimate of drug-likeness (QED) is 0.185. The van der Waals surface area contributed by atoms with E-state index in [-0.39, 0.29) is 42.5 Å². The van der Waals surface area contributed by atoms with E-state index in [2.05, 4.69) is 71.9 Å². The number of carbonyl (C=O) groups is 1. The molecule has 0 fully saturated rings. The number of methoxy groups -OCH3 is 1. The van der Waals surface area contributed by atoms with E-state index in [1.807, 2.05) is 18.2 Å². The monoisotopic (exact) mass is 639 g/mol. The van der Waals surface area contributed by atoms with Gasteiger partial charge in [-0.2, -0.15) is 0 Å². The Morgan fingerprint density at radius 2 is 1.65 bits per heavy atom. The van der Waals surface area contributed by atoms with Crippen LogP contribution in [0.4, 0.5) is 0 Å². The van der Waals surface area contributed by atoms with Crippen molar-refractivity contribution < 1.29 is 34.7 Å². The Balaban J connectivity index is 0.000000633. The Bertz CT molecular complexity index is 1160. The molecule has 3 rings (SSSR count). The van der Waals surface area contributed by atoms with E-state index >= 15 is 0 Å². The second-order valence-corrected chi connectivity index (χ2v) is 10.3. The first-order valence-corrected chi connectivity index (χ1v) is 11.1. The van der Waals surface area contributed by atoms with E-state index in [1.54, 1.807) is 7.11 Å². The minimum absolute atomic E-state index is 0. The fourth-order valence-corrected chi connectivity index (χ4v) is 3.42. The summed E-state index contributed by atoms with van der Waals surface area (Å²) in [5.74, 6) is 0.792. The fourth-order valence-electron chi connectivity index (χ4n) is 3.42. The van der Waals surface area contributed by atoms with Crippen molar-refractivity contribution in [3.8, 4) is 17.0 Å². The second kappa shape index (κ2) is 11.8. The minimum Gasteiger partial charge on any atom is -0.512 e. The van der Waals surface area contributed by atoms with E-state index in [1.165, 1.54) is 31.1 Å². The van der Waals surface area contributed by atoms with Gasteiger partial charge in [-0.15, -0.1) is 35.4 Å². The summed E-state index contributed by atoms with van der Waals surface area (Å²) in [6, 6.07) is 18.1. The molecule has 0 atom stereocenters. The van der Waals surface area contributed by atoms with Crippen LogP contribution in [0.3, 0.4) is 0 Å². The van der Waals surface area contributed by atoms with Crippen molar-refractivity contribution in [2.75, 3.05) is 7.11 Å². The summed E-state index contributed by atoms with van der Waals surface area (Å²) in [7, 11) is 1.70. The predicted octanol–water partition coefficient (Wildman–Crippen LogP) is 7.34. The van der Waals surface area contributed by atoms with E-state index in [4.69, 9.17) is 14.8 Å². The zero-order valence-electron chi connectivity index (χ0n) is 21.7. The number of ether oxygens (including phenoxy) is 1. The van der Waals surface area contributed by atoms with Crippen LogP contribution in [0.15, 0.2) is 54.3 Å². The SMILES string of the molecule is CC(=O)/C=C(/C)O.COc1ccc2nc(-c3[c-]ccc(C(C)(C)C)c3)c(C(C)(C)C)cc2c1.[Ir]. The minimum atomic E-state index is -0.125. The van der Waals surface area contributed by atoms with Crippen LogP contribution in [0.1, 0.15) is 66.5 Å². The number of benzene rings is 2. The van der Waals surface area contributed by atoms with Crippen molar-refractivity contribution in [2.24, 2.45) is 0 Å². The summed E-state index contributed by atoms with van der Waals surface area (Å²) in [5.41, 5.74) is 5.63. The molecule has 1 aromatic heterocycles. The Hall–Kier alpha value is -2.49. The maximum absolute atomic E-state index is 10.0. The third-order valence-corrected chi connectivity index (χ3v) is 5.16. The maximum Gasteiger partial charge on any atom is 0.155 e. The third kappa shape index (κ3) is 8.07. The molecular weight excluding hydrogens is 603 g/mol. The molecule has 1 radical (unpaired) electrons. The number of aliphatic hydroxyl groups excluding tert-OH is 1. The maximum atomic E-state index is 10.0. The Kier molecular flexibility index (Phi) is 10.2. The number of aromatic nitrogens is 1. The zero-order valence-corrected chi connectivity index (χ0v) is 24.1. The summed E-state index contributed by atoms with van der Waals surface area (Å²) >= 11 is 0. The van der Waals surface area contributed by atoms with Gasteiger partial charge in [-0.1, -0.05) is 53.2 Å². The van der Waals surface area contributed by atoms with Crippen molar-refractivity contribution in [3.05, 3.63) is 71.5 Å². The number of hydrogen-bond acceptors (Lipinski definition) is 4. The van der Waals surface area contributed by atoms with Crippen LogP contribution in [0.2, 0.25) is 0 Å². The van der Waals surface area contributed by atoms with Gasteiger partial charge in [-0.3, -0.25) is 9.78 Å². The van der Waals surface area contributed by atoms with Crippen molar-refractivity contribution in [1.29, 1.82) is 0 Å². The van der Waals surface area contributed by atoms with Crippen LogP contribution in [-0.2, 0) is 35.7 Å². The van der Waals surface area contributed by atoms with Gasteiger partial charge in [0.1, 0.15) is 5.75 Å². The number of nitrogens with zero attached hydrogens (tertiary/aromatic N) is 1. The average molecular weight is 639 g/mol. The fraction of sp³-hybridized carbons (Fsp3) is 0.379. The molecule has 0 spiro atoms. The van der Waals surface area contributed by atoms with Crippen molar-refractivity contribution >= 4 is 16.7 Å². The molecule has 1 heterocycles. The van der Waals surface area contributed by atoms with Gasteiger partial charge in [0.25, 0.3) is 0 Å². The van der Waals surface area contributed by atoms with Gasteiger partial charge >= 0.3 is 0 Å². The van der Waals surface area contributed by atoms with Crippen LogP contribution in [0, 0.1) is 6.07 Å². The van der Waals surface area contributed by atoms with E-state index in [9.17, 15) is 4.79 Å². The number of ketones is 1. The van der Waals surface area contributed by atoms with Crippen LogP contribution in [-0.4, -0.2) is 23.0 Å². The van der Waals surface area contributed by atoms with Gasteiger partial charge in [0.15, 0.2) is 5.78 Å². The Morgan fingerprint density at radius 1 is 1.00 bits per heavy atom. The molecule has 3 aromatic rings. The smallest absolute Gasteiger partial charge is 0.155 e. The van der Waals surface area contributed by atoms with Crippen molar-refractivity contribution in [1.82, 2.24) is 4.98 Å². The molecular formula is C29H36IrNO3-. The molecule has 0 saturated carbocycles. The largest absolute Gasteiger partial charge is 0.512 e. The third-order valence-electron chi connectivity index (χ3n) is 5.16. The number of hydrogen-bond donors (Lipinski definition) is 1. The standard InChI is InChI=1S/C24H28NO.C5H8O2.Ir/c1-23(2,3)18-10-8-9-16(13-18)22-20(24(4,5)6)15-17-14-19(26-7)11-12-21(17)25-22;1-4(6)3-5(2)7;/h8,10-15H,1-7H3;3,6H,1-2H3;/q-1;;/b;4-3-;. The second-order valence-electron chi connectivity index (χ2n) is 10.3. The first kappa shape index (κ1) is 29.5. The van der Waals surface area contributed by atoms with Gasteiger partial charge in [-0.05, 0) is 48.6 Å². The summed E-state index contributed by atoms with van der Waals surface area (Å²) < 4.78 is 5.38. The number of fused-ring (bicyclic) bond motifs is 1. The number of carbonyl (C=O) groups excluding carboxylic acids is 1. The average Bonchev–Trinajstić information content (AvgIpc) is 2.70. The van der Waals surface area contributed by atoms with E-state index in [0.717, 1.165) is 27.9 Å². The first-order valence-electron chi connectivity index (χ1n) is 11.1. The van der Waals surface area contributed by atoms with Gasteiger partial charge in [-0.25, -0.2) is 0 Å². The normalized spacial score (nSPS) is 11.9. The van der Waals surface area contributed by atoms with Gasteiger partial charge in [0.2, 0.25) is 0 Å². The van der Waals surface area contributed by atoms with Crippen LogP contribution in [0.5, 0.6) is 5.75 Å². The number of rotatable bonds is 3. The molecule has 0 aliphatic heterocycles. The molecule has 4 nitrogen and oxygen atoms in total. The Labute approximate surface area is 217 Å². The topological polar surface area (TPSA) is 59.4 Å². The number of pyridine rings is 1. The summed E-state index contributed by atoms with van der Waals surface area (Å²) in [5, 5.41) is 9.46. The molecule has 0 bridgehead atoms. The zero-order chi connectivity index (χ0) is 25.0. The van der Waals surface area contributed by atoms with Gasteiger partial charge in [0, 0.05) is 31.6 Å². The van der Waals surface area contributed by atoms with Crippen LogP contribution >= 0.6 is 0 Å². The summed E-state index contributed by atoms with van der Waals surface area (Å²) in [6.45, 7) is 16.2. The van der Waals surface area contributed by atoms with Gasteiger partial charge < -0.3 is 9.84 Å². The molecule has 0 aliphatic carbocycles. The first-order chi connectivity index (χ1) is 15.2. The molecule has 185 valence electrons. The molecule has 2 aromatic carbocycles. The molecule has 5 heteroatoms. The molecule has 0 saturated heterocycles. The summed E-state index contributed by atoms with van der Waals surface area (Å²) in [6.07, 6.45) is 1.17. The molecule has 34 heavy (non-hydrogen) atoms. The van der Waals surface area contributed by atoms with Crippen LogP contribution in [0.25, 0.3) is 22.2 Å². The Morgan fingerprint density at radius 3 is 2.12 bits per heavy atom. The summed E-state index contributed by atoms with van der Waals surface area (Å²) in [4.78, 5) is 15.0. The van der Waals surface area contributed by atoms with Gasteiger partial charge in [0.05, 0.1) is 18.4 Å². The number of aliphatic hydroxyl groups is 1. The van der Waals surface area contributed by atoms with Crippen LogP contribution < -0.4 is 4.74 Å². The molecule has 1 N–H and O–H groups in total.